The van der Waals surface area contributed by atoms with E-state index in [4.69, 9.17) is 11.6 Å². The summed E-state index contributed by atoms with van der Waals surface area (Å²) in [4.78, 5) is 4.29. The lowest BCUT2D eigenvalue weighted by atomic mass is 10.2. The van der Waals surface area contributed by atoms with E-state index in [1.807, 2.05) is 24.3 Å². The minimum absolute atomic E-state index is 0.576. The fraction of sp³-hybridized carbons (Fsp3) is 0.550. The summed E-state index contributed by atoms with van der Waals surface area (Å²) in [5.74, 6) is 1.90. The first-order chi connectivity index (χ1) is 13.7. The largest absolute Gasteiger partial charge is 0.356 e. The maximum atomic E-state index is 6.04. The number of aliphatic imine (C=N–C) groups is 1. The molecule has 1 aliphatic rings. The SMILES string of the molecule is CN=C(NCCCc1nnc(SC)n1C1CCCC1)NCc1cccc(Cl)c1. The molecule has 1 aromatic heterocycles. The number of nitrogens with zero attached hydrogens (tertiary/aromatic N) is 4. The Morgan fingerprint density at radius 2 is 2.11 bits per heavy atom. The normalized spacial score (nSPS) is 15.2. The molecule has 3 rings (SSSR count). The zero-order valence-corrected chi connectivity index (χ0v) is 18.2. The molecular weight excluding hydrogens is 392 g/mol. The second-order valence-electron chi connectivity index (χ2n) is 7.00. The van der Waals surface area contributed by atoms with Crippen molar-refractivity contribution in [3.63, 3.8) is 0 Å². The predicted octanol–water partition coefficient (Wildman–Crippen LogP) is 4.07. The van der Waals surface area contributed by atoms with Crippen LogP contribution >= 0.6 is 23.4 Å². The second kappa shape index (κ2) is 10.7. The van der Waals surface area contributed by atoms with Crippen LogP contribution in [0.3, 0.4) is 0 Å². The van der Waals surface area contributed by atoms with Crippen LogP contribution in [0.4, 0.5) is 0 Å². The molecule has 0 amide bonds. The third-order valence-corrected chi connectivity index (χ3v) is 5.93. The van der Waals surface area contributed by atoms with Crippen LogP contribution in [0.15, 0.2) is 34.4 Å². The van der Waals surface area contributed by atoms with Gasteiger partial charge in [0, 0.05) is 37.6 Å². The van der Waals surface area contributed by atoms with E-state index in [9.17, 15) is 0 Å². The molecule has 28 heavy (non-hydrogen) atoms. The van der Waals surface area contributed by atoms with Gasteiger partial charge in [0.2, 0.25) is 0 Å². The summed E-state index contributed by atoms with van der Waals surface area (Å²) in [5, 5.41) is 17.3. The molecule has 152 valence electrons. The Hall–Kier alpha value is -1.73. The molecule has 0 atom stereocenters. The van der Waals surface area contributed by atoms with Crippen molar-refractivity contribution in [3.8, 4) is 0 Å². The van der Waals surface area contributed by atoms with E-state index in [1.54, 1.807) is 18.8 Å². The molecule has 0 spiro atoms. The number of aryl methyl sites for hydroxylation is 1. The topological polar surface area (TPSA) is 67.1 Å². The van der Waals surface area contributed by atoms with Gasteiger partial charge in [0.15, 0.2) is 11.1 Å². The predicted molar refractivity (Wildman–Crippen MR) is 117 cm³/mol. The maximum Gasteiger partial charge on any atom is 0.191 e. The minimum Gasteiger partial charge on any atom is -0.356 e. The lowest BCUT2D eigenvalue weighted by molar-refractivity contribution is 0.460. The summed E-state index contributed by atoms with van der Waals surface area (Å²) in [6.07, 6.45) is 9.10. The number of hydrogen-bond donors (Lipinski definition) is 2. The van der Waals surface area contributed by atoms with Gasteiger partial charge in [0.05, 0.1) is 0 Å². The van der Waals surface area contributed by atoms with Gasteiger partial charge in [-0.2, -0.15) is 0 Å². The van der Waals surface area contributed by atoms with E-state index >= 15 is 0 Å². The Morgan fingerprint density at radius 3 is 2.82 bits per heavy atom. The van der Waals surface area contributed by atoms with Gasteiger partial charge < -0.3 is 15.2 Å². The Bertz CT molecular complexity index is 785. The fourth-order valence-electron chi connectivity index (χ4n) is 3.65. The molecule has 2 N–H and O–H groups in total. The van der Waals surface area contributed by atoms with Crippen molar-refractivity contribution in [1.82, 2.24) is 25.4 Å². The highest BCUT2D eigenvalue weighted by molar-refractivity contribution is 7.98. The third kappa shape index (κ3) is 5.64. The van der Waals surface area contributed by atoms with E-state index < -0.39 is 0 Å². The van der Waals surface area contributed by atoms with Crippen molar-refractivity contribution < 1.29 is 0 Å². The molecule has 0 aliphatic heterocycles. The van der Waals surface area contributed by atoms with Gasteiger partial charge in [-0.05, 0) is 43.2 Å². The van der Waals surface area contributed by atoms with Crippen LogP contribution in [0.5, 0.6) is 0 Å². The molecule has 6 nitrogen and oxygen atoms in total. The Kier molecular flexibility index (Phi) is 8.03. The van der Waals surface area contributed by atoms with Crippen LogP contribution in [0.1, 0.15) is 49.5 Å². The van der Waals surface area contributed by atoms with Crippen molar-refractivity contribution in [3.05, 3.63) is 40.7 Å². The molecule has 0 radical (unpaired) electrons. The number of benzene rings is 1. The molecule has 0 saturated heterocycles. The van der Waals surface area contributed by atoms with Crippen LogP contribution in [0.25, 0.3) is 0 Å². The first kappa shape index (κ1) is 21.0. The van der Waals surface area contributed by atoms with Crippen molar-refractivity contribution in [1.29, 1.82) is 0 Å². The molecule has 8 heteroatoms. The highest BCUT2D eigenvalue weighted by atomic mass is 35.5. The fourth-order valence-corrected chi connectivity index (χ4v) is 4.44. The summed E-state index contributed by atoms with van der Waals surface area (Å²) in [7, 11) is 1.79. The zero-order valence-electron chi connectivity index (χ0n) is 16.6. The van der Waals surface area contributed by atoms with E-state index in [-0.39, 0.29) is 0 Å². The first-order valence-electron chi connectivity index (χ1n) is 9.88. The quantitative estimate of drug-likeness (QED) is 0.291. The van der Waals surface area contributed by atoms with Crippen molar-refractivity contribution >= 4 is 29.3 Å². The summed E-state index contributed by atoms with van der Waals surface area (Å²) in [6.45, 7) is 1.52. The van der Waals surface area contributed by atoms with E-state index in [2.05, 4.69) is 36.6 Å². The molecule has 1 aliphatic carbocycles. The molecule has 1 heterocycles. The number of rotatable bonds is 8. The monoisotopic (exact) mass is 420 g/mol. The first-order valence-corrected chi connectivity index (χ1v) is 11.5. The average Bonchev–Trinajstić information content (AvgIpc) is 3.36. The van der Waals surface area contributed by atoms with Gasteiger partial charge in [-0.1, -0.05) is 48.3 Å². The summed E-state index contributed by atoms with van der Waals surface area (Å²) in [5.41, 5.74) is 1.13. The summed E-state index contributed by atoms with van der Waals surface area (Å²) >= 11 is 7.73. The Balaban J connectivity index is 1.46. The van der Waals surface area contributed by atoms with Gasteiger partial charge in [0.25, 0.3) is 0 Å². The molecule has 0 bridgehead atoms. The van der Waals surface area contributed by atoms with E-state index in [0.717, 1.165) is 46.9 Å². The number of aromatic nitrogens is 3. The van der Waals surface area contributed by atoms with E-state index in [1.165, 1.54) is 25.7 Å². The van der Waals surface area contributed by atoms with Gasteiger partial charge >= 0.3 is 0 Å². The highest BCUT2D eigenvalue weighted by Gasteiger charge is 2.23. The Morgan fingerprint density at radius 1 is 1.29 bits per heavy atom. The Labute approximate surface area is 176 Å². The number of nitrogens with one attached hydrogen (secondary N) is 2. The molecule has 1 fully saturated rings. The smallest absolute Gasteiger partial charge is 0.191 e. The van der Waals surface area contributed by atoms with Crippen LogP contribution in [-0.4, -0.2) is 40.6 Å². The molecule has 1 saturated carbocycles. The van der Waals surface area contributed by atoms with Crippen molar-refractivity contribution in [2.45, 2.75) is 56.3 Å². The van der Waals surface area contributed by atoms with Gasteiger partial charge in [-0.3, -0.25) is 4.99 Å². The highest BCUT2D eigenvalue weighted by Crippen LogP contribution is 2.33. The molecule has 0 unspecified atom stereocenters. The molecule has 1 aromatic carbocycles. The van der Waals surface area contributed by atoms with Gasteiger partial charge in [-0.25, -0.2) is 0 Å². The number of guanidine groups is 1. The number of hydrogen-bond acceptors (Lipinski definition) is 4. The van der Waals surface area contributed by atoms with Crippen LogP contribution in [0.2, 0.25) is 5.02 Å². The van der Waals surface area contributed by atoms with Crippen LogP contribution in [0, 0.1) is 0 Å². The average molecular weight is 421 g/mol. The third-order valence-electron chi connectivity index (χ3n) is 5.05. The van der Waals surface area contributed by atoms with Gasteiger partial charge in [-0.15, -0.1) is 10.2 Å². The van der Waals surface area contributed by atoms with Crippen LogP contribution < -0.4 is 10.6 Å². The van der Waals surface area contributed by atoms with Crippen LogP contribution in [-0.2, 0) is 13.0 Å². The minimum atomic E-state index is 0.576. The molecule has 2 aromatic rings. The zero-order chi connectivity index (χ0) is 19.8. The number of halogens is 1. The van der Waals surface area contributed by atoms with Gasteiger partial charge in [0.1, 0.15) is 5.82 Å². The number of thioether (sulfide) groups is 1. The lowest BCUT2D eigenvalue weighted by Crippen LogP contribution is -2.37. The van der Waals surface area contributed by atoms with E-state index in [0.29, 0.717) is 12.6 Å². The van der Waals surface area contributed by atoms with Crippen molar-refractivity contribution in [2.75, 3.05) is 19.8 Å². The summed E-state index contributed by atoms with van der Waals surface area (Å²) < 4.78 is 2.38. The summed E-state index contributed by atoms with van der Waals surface area (Å²) in [6, 6.07) is 8.42. The van der Waals surface area contributed by atoms with Crippen molar-refractivity contribution in [2.24, 2.45) is 4.99 Å². The second-order valence-corrected chi connectivity index (χ2v) is 8.21. The molecular formula is C20H29ClN6S. The maximum absolute atomic E-state index is 6.04. The lowest BCUT2D eigenvalue weighted by Gasteiger charge is -2.16. The standard InChI is InChI=1S/C20H29ClN6S/c1-22-19(24-14-15-7-5-8-16(21)13-15)23-12-6-11-18-25-26-20(28-2)27(18)17-9-3-4-10-17/h5,7-8,13,17H,3-4,6,9-12,14H2,1-2H3,(H2,22,23,24).